The summed E-state index contributed by atoms with van der Waals surface area (Å²) >= 11 is 1.52. The van der Waals surface area contributed by atoms with E-state index < -0.39 is 12.0 Å². The fraction of sp³-hybridized carbons (Fsp3) is 0.889. The van der Waals surface area contributed by atoms with E-state index in [1.807, 2.05) is 6.26 Å². The van der Waals surface area contributed by atoms with Crippen LogP contribution in [-0.4, -0.2) is 47.3 Å². The molecule has 2 aliphatic rings. The van der Waals surface area contributed by atoms with Crippen molar-refractivity contribution in [3.05, 3.63) is 0 Å². The smallest absolute Gasteiger partial charge is 0.329 e. The minimum atomic E-state index is -1.07. The summed E-state index contributed by atoms with van der Waals surface area (Å²) in [6.45, 7) is 0. The van der Waals surface area contributed by atoms with E-state index >= 15 is 0 Å². The Balaban J connectivity index is 0.000000245. The highest BCUT2D eigenvalue weighted by atomic mass is 32.2. The summed E-state index contributed by atoms with van der Waals surface area (Å²) in [5, 5.41) is 12.3. The van der Waals surface area contributed by atoms with E-state index in [0.717, 1.165) is 12.1 Å². The maximum Gasteiger partial charge on any atom is 0.329 e. The van der Waals surface area contributed by atoms with Gasteiger partial charge >= 0.3 is 5.97 Å². The summed E-state index contributed by atoms with van der Waals surface area (Å²) in [7, 11) is 0. The molecule has 0 amide bonds. The lowest BCUT2D eigenvalue weighted by molar-refractivity contribution is -0.138. The lowest BCUT2D eigenvalue weighted by Gasteiger charge is -2.30. The number of hydrogen-bond donors (Lipinski definition) is 2. The predicted molar refractivity (Wildman–Crippen MR) is 99.4 cm³/mol. The molecule has 0 heterocycles. The number of aliphatic imine (C=N–C) groups is 1. The fourth-order valence-electron chi connectivity index (χ4n) is 3.41. The molecule has 138 valence electrons. The third kappa shape index (κ3) is 9.45. The molecule has 2 N–H and O–H groups in total. The topological polar surface area (TPSA) is 78.8 Å². The van der Waals surface area contributed by atoms with Crippen molar-refractivity contribution >= 4 is 23.8 Å². The first-order valence-electron chi connectivity index (χ1n) is 9.22. The van der Waals surface area contributed by atoms with Gasteiger partial charge in [0.1, 0.15) is 0 Å². The molecule has 0 saturated heterocycles. The van der Waals surface area contributed by atoms with Crippen LogP contribution in [0.5, 0.6) is 0 Å². The van der Waals surface area contributed by atoms with E-state index in [1.165, 1.54) is 82.1 Å². The molecule has 0 bridgehead atoms. The van der Waals surface area contributed by atoms with Crippen LogP contribution < -0.4 is 5.32 Å². The molecule has 0 aromatic rings. The Bertz CT molecular complexity index is 370. The minimum absolute atomic E-state index is 0.381. The van der Waals surface area contributed by atoms with Gasteiger partial charge in [0, 0.05) is 12.1 Å². The number of thioether (sulfide) groups is 1. The normalized spacial score (nSPS) is 20.4. The van der Waals surface area contributed by atoms with Crippen LogP contribution in [0.3, 0.4) is 0 Å². The van der Waals surface area contributed by atoms with E-state index in [0.29, 0.717) is 12.2 Å². The van der Waals surface area contributed by atoms with Gasteiger partial charge in [-0.3, -0.25) is 0 Å². The summed E-state index contributed by atoms with van der Waals surface area (Å²) < 4.78 is 0. The number of carbonyl (C=O) groups is 1. The Morgan fingerprint density at radius 2 is 1.62 bits per heavy atom. The Hall–Kier alpha value is -0.840. The van der Waals surface area contributed by atoms with E-state index in [2.05, 4.69) is 10.3 Å². The van der Waals surface area contributed by atoms with Gasteiger partial charge in [0.2, 0.25) is 6.08 Å². The van der Waals surface area contributed by atoms with Gasteiger partial charge in [0.25, 0.3) is 0 Å². The number of isocyanates is 1. The lowest BCUT2D eigenvalue weighted by atomic mass is 9.91. The third-order valence-electron chi connectivity index (χ3n) is 4.77. The van der Waals surface area contributed by atoms with Crippen LogP contribution in [0.25, 0.3) is 0 Å². The van der Waals surface area contributed by atoms with Crippen molar-refractivity contribution in [3.63, 3.8) is 0 Å². The number of hydrogen-bond acceptors (Lipinski definition) is 5. The highest BCUT2D eigenvalue weighted by Crippen LogP contribution is 2.22. The van der Waals surface area contributed by atoms with Crippen LogP contribution in [-0.2, 0) is 9.59 Å². The van der Waals surface area contributed by atoms with Gasteiger partial charge in [-0.2, -0.15) is 16.8 Å². The van der Waals surface area contributed by atoms with E-state index in [1.54, 1.807) is 0 Å². The van der Waals surface area contributed by atoms with Crippen LogP contribution in [0.15, 0.2) is 4.99 Å². The van der Waals surface area contributed by atoms with Crippen molar-refractivity contribution in [2.24, 2.45) is 4.99 Å². The van der Waals surface area contributed by atoms with Gasteiger partial charge in [-0.05, 0) is 44.1 Å². The summed E-state index contributed by atoms with van der Waals surface area (Å²) in [5.41, 5.74) is 0. The number of carbonyl (C=O) groups excluding carboxylic acids is 1. The Kier molecular flexibility index (Phi) is 11.9. The molecule has 0 radical (unpaired) electrons. The number of carboxylic acids is 1. The van der Waals surface area contributed by atoms with Gasteiger partial charge in [-0.25, -0.2) is 9.59 Å². The second-order valence-corrected chi connectivity index (χ2v) is 7.68. The first-order chi connectivity index (χ1) is 11.7. The highest BCUT2D eigenvalue weighted by molar-refractivity contribution is 7.98. The monoisotopic (exact) mass is 356 g/mol. The highest BCUT2D eigenvalue weighted by Gasteiger charge is 2.19. The van der Waals surface area contributed by atoms with Gasteiger partial charge in [0.15, 0.2) is 6.04 Å². The molecule has 0 aromatic heterocycles. The van der Waals surface area contributed by atoms with E-state index in [-0.39, 0.29) is 0 Å². The molecule has 2 saturated carbocycles. The zero-order chi connectivity index (χ0) is 17.6. The Morgan fingerprint density at radius 3 is 2.00 bits per heavy atom. The zero-order valence-corrected chi connectivity index (χ0v) is 15.7. The minimum Gasteiger partial charge on any atom is -0.480 e. The molecule has 6 heteroatoms. The summed E-state index contributed by atoms with van der Waals surface area (Å²) in [6, 6.07) is 0.827. The number of carboxylic acid groups (broad SMARTS) is 1. The number of nitrogens with one attached hydrogen (secondary N) is 1. The average Bonchev–Trinajstić information content (AvgIpc) is 2.61. The molecule has 2 aliphatic carbocycles. The van der Waals surface area contributed by atoms with Crippen molar-refractivity contribution in [3.8, 4) is 0 Å². The molecular weight excluding hydrogens is 324 g/mol. The van der Waals surface area contributed by atoms with Gasteiger partial charge in [-0.15, -0.1) is 0 Å². The molecule has 2 fully saturated rings. The molecule has 5 nitrogen and oxygen atoms in total. The third-order valence-corrected chi connectivity index (χ3v) is 5.41. The quantitative estimate of drug-likeness (QED) is 0.536. The Morgan fingerprint density at radius 1 is 1.12 bits per heavy atom. The lowest BCUT2D eigenvalue weighted by Crippen LogP contribution is -2.40. The van der Waals surface area contributed by atoms with Crippen LogP contribution >= 0.6 is 11.8 Å². The van der Waals surface area contributed by atoms with Crippen molar-refractivity contribution in [2.45, 2.75) is 88.8 Å². The van der Waals surface area contributed by atoms with Gasteiger partial charge < -0.3 is 10.4 Å². The second-order valence-electron chi connectivity index (χ2n) is 6.69. The standard InChI is InChI=1S/C12H23N.C6H9NO3S/c1-3-7-11(8-4-1)13-12-9-5-2-6-10-12;1-11-3-2-5(6(9)10)7-4-8/h11-13H,1-10H2;5H,2-3H2,1H3,(H,9,10). The van der Waals surface area contributed by atoms with E-state index in [9.17, 15) is 9.59 Å². The van der Waals surface area contributed by atoms with Crippen LogP contribution in [0.2, 0.25) is 0 Å². The average molecular weight is 357 g/mol. The Labute approximate surface area is 150 Å². The SMILES string of the molecule is C1CCC(NC2CCCCC2)CC1.CSCCC(N=C=O)C(=O)O. The molecule has 1 unspecified atom stereocenters. The molecule has 0 spiro atoms. The maximum absolute atomic E-state index is 10.3. The molecule has 2 rings (SSSR count). The van der Waals surface area contributed by atoms with E-state index in [4.69, 9.17) is 5.11 Å². The first-order valence-corrected chi connectivity index (χ1v) is 10.6. The summed E-state index contributed by atoms with van der Waals surface area (Å²) in [4.78, 5) is 23.2. The van der Waals surface area contributed by atoms with Crippen LogP contribution in [0.1, 0.15) is 70.6 Å². The number of aliphatic carboxylic acids is 1. The maximum atomic E-state index is 10.3. The van der Waals surface area contributed by atoms with Crippen LogP contribution in [0.4, 0.5) is 0 Å². The van der Waals surface area contributed by atoms with Crippen LogP contribution in [0, 0.1) is 0 Å². The molecule has 1 atom stereocenters. The molecule has 24 heavy (non-hydrogen) atoms. The fourth-order valence-corrected chi connectivity index (χ4v) is 3.87. The molecule has 0 aliphatic heterocycles. The zero-order valence-electron chi connectivity index (χ0n) is 14.8. The molecule has 0 aromatic carbocycles. The van der Waals surface area contributed by atoms with Crippen molar-refractivity contribution in [1.29, 1.82) is 0 Å². The van der Waals surface area contributed by atoms with Crippen molar-refractivity contribution in [2.75, 3.05) is 12.0 Å². The number of rotatable bonds is 7. The van der Waals surface area contributed by atoms with Gasteiger partial charge in [-0.1, -0.05) is 38.5 Å². The summed E-state index contributed by atoms with van der Waals surface area (Å²) in [6.07, 6.45) is 18.1. The number of nitrogens with zero attached hydrogens (tertiary/aromatic N) is 1. The van der Waals surface area contributed by atoms with Crippen molar-refractivity contribution in [1.82, 2.24) is 5.32 Å². The van der Waals surface area contributed by atoms with Gasteiger partial charge in [0.05, 0.1) is 0 Å². The predicted octanol–water partition coefficient (Wildman–Crippen LogP) is 3.77. The molecular formula is C18H32N2O3S. The first kappa shape index (κ1) is 21.2. The van der Waals surface area contributed by atoms with Crippen molar-refractivity contribution < 1.29 is 14.7 Å². The summed E-state index contributed by atoms with van der Waals surface area (Å²) in [5.74, 6) is -0.385. The second kappa shape index (κ2) is 13.5. The largest absolute Gasteiger partial charge is 0.480 e.